The summed E-state index contributed by atoms with van der Waals surface area (Å²) < 4.78 is 35.9. The molecular formula is C27H38N2O3SSi. The predicted molar refractivity (Wildman–Crippen MR) is 142 cm³/mol. The van der Waals surface area contributed by atoms with Gasteiger partial charge in [-0.3, -0.25) is 0 Å². The number of rotatable bonds is 7. The van der Waals surface area contributed by atoms with Crippen LogP contribution in [0.3, 0.4) is 0 Å². The van der Waals surface area contributed by atoms with E-state index in [1.807, 2.05) is 43.3 Å². The average Bonchev–Trinajstić information content (AvgIpc) is 3.25. The van der Waals surface area contributed by atoms with Crippen molar-refractivity contribution in [3.63, 3.8) is 0 Å². The zero-order valence-corrected chi connectivity index (χ0v) is 23.1. The molecule has 1 N–H and O–H groups in total. The van der Waals surface area contributed by atoms with Crippen molar-refractivity contribution >= 4 is 24.0 Å². The van der Waals surface area contributed by atoms with Gasteiger partial charge in [0.1, 0.15) is 6.17 Å². The Hall–Kier alpha value is -1.93. The predicted octanol–water partition coefficient (Wildman–Crippen LogP) is 5.90. The number of benzene rings is 2. The standard InChI is InChI=1S/C27H38N2O3SSi/c1-8-21-19-29(33(30,31)22-15-13-20(2)14-16-22)25-27(21,23-11-9-10-12-24(23)28-25)17-18-32-34(6,7)26(3,4)5/h8-16,21,25,28H,1,17-19H2,2-7H3. The van der Waals surface area contributed by atoms with E-state index < -0.39 is 23.8 Å². The first-order valence-electron chi connectivity index (χ1n) is 12.1. The van der Waals surface area contributed by atoms with Crippen molar-refractivity contribution in [1.82, 2.24) is 4.31 Å². The zero-order valence-electron chi connectivity index (χ0n) is 21.3. The van der Waals surface area contributed by atoms with Crippen LogP contribution in [0.4, 0.5) is 5.69 Å². The van der Waals surface area contributed by atoms with E-state index in [2.05, 4.69) is 51.8 Å². The number of anilines is 1. The molecule has 2 aromatic rings. The highest BCUT2D eigenvalue weighted by atomic mass is 32.2. The molecule has 0 radical (unpaired) electrons. The van der Waals surface area contributed by atoms with Gasteiger partial charge in [-0.15, -0.1) is 6.58 Å². The lowest BCUT2D eigenvalue weighted by Crippen LogP contribution is -2.48. The van der Waals surface area contributed by atoms with E-state index in [0.717, 1.165) is 23.2 Å². The van der Waals surface area contributed by atoms with Crippen LogP contribution in [0, 0.1) is 12.8 Å². The fourth-order valence-electron chi connectivity index (χ4n) is 5.15. The normalized spacial score (nSPS) is 25.0. The maximum atomic E-state index is 13.8. The van der Waals surface area contributed by atoms with Crippen molar-refractivity contribution in [2.75, 3.05) is 18.5 Å². The number of hydrogen-bond acceptors (Lipinski definition) is 4. The summed E-state index contributed by atoms with van der Waals surface area (Å²) in [5.74, 6) is -0.0307. The van der Waals surface area contributed by atoms with Crippen molar-refractivity contribution in [2.45, 2.75) is 68.7 Å². The highest BCUT2D eigenvalue weighted by Crippen LogP contribution is 2.55. The largest absolute Gasteiger partial charge is 0.417 e. The third-order valence-electron chi connectivity index (χ3n) is 8.23. The number of para-hydroxylation sites is 1. The van der Waals surface area contributed by atoms with Crippen LogP contribution in [-0.4, -0.2) is 40.4 Å². The topological polar surface area (TPSA) is 58.6 Å². The number of fused-ring (bicyclic) bond motifs is 3. The van der Waals surface area contributed by atoms with Crippen LogP contribution in [0.2, 0.25) is 18.1 Å². The number of nitrogens with zero attached hydrogens (tertiary/aromatic N) is 1. The zero-order chi connectivity index (χ0) is 24.9. The third kappa shape index (κ3) is 3.96. The quantitative estimate of drug-likeness (QED) is 0.381. The van der Waals surface area contributed by atoms with Gasteiger partial charge in [-0.05, 0) is 55.2 Å². The molecule has 1 saturated heterocycles. The van der Waals surface area contributed by atoms with Crippen LogP contribution >= 0.6 is 0 Å². The lowest BCUT2D eigenvalue weighted by atomic mass is 9.70. The maximum absolute atomic E-state index is 13.8. The highest BCUT2D eigenvalue weighted by Gasteiger charge is 2.61. The summed E-state index contributed by atoms with van der Waals surface area (Å²) >= 11 is 0. The molecule has 4 rings (SSSR count). The van der Waals surface area contributed by atoms with Crippen LogP contribution in [0.5, 0.6) is 0 Å². The van der Waals surface area contributed by atoms with Crippen molar-refractivity contribution in [2.24, 2.45) is 5.92 Å². The summed E-state index contributed by atoms with van der Waals surface area (Å²) in [6.45, 7) is 18.3. The van der Waals surface area contributed by atoms with Crippen molar-refractivity contribution in [3.05, 3.63) is 72.3 Å². The van der Waals surface area contributed by atoms with Crippen molar-refractivity contribution < 1.29 is 12.8 Å². The number of aryl methyl sites for hydroxylation is 1. The SMILES string of the molecule is C=CC1CN(S(=O)(=O)c2ccc(C)cc2)C2Nc3ccccc3C12CCO[Si](C)(C)C(C)(C)C. The minimum Gasteiger partial charge on any atom is -0.417 e. The van der Waals surface area contributed by atoms with Gasteiger partial charge in [-0.25, -0.2) is 8.42 Å². The Balaban J connectivity index is 1.74. The Bertz CT molecular complexity index is 1170. The molecule has 0 spiro atoms. The highest BCUT2D eigenvalue weighted by molar-refractivity contribution is 7.89. The van der Waals surface area contributed by atoms with Crippen LogP contribution in [0.1, 0.15) is 38.3 Å². The van der Waals surface area contributed by atoms with Gasteiger partial charge in [0.2, 0.25) is 10.0 Å². The Morgan fingerprint density at radius 1 is 1.18 bits per heavy atom. The van der Waals surface area contributed by atoms with E-state index >= 15 is 0 Å². The molecule has 0 bridgehead atoms. The molecule has 0 aliphatic carbocycles. The van der Waals surface area contributed by atoms with E-state index in [4.69, 9.17) is 4.43 Å². The van der Waals surface area contributed by atoms with Crippen LogP contribution < -0.4 is 5.32 Å². The molecular weight excluding hydrogens is 460 g/mol. The fraction of sp³-hybridized carbons (Fsp3) is 0.481. The monoisotopic (exact) mass is 498 g/mol. The molecule has 2 aromatic carbocycles. The molecule has 5 nitrogen and oxygen atoms in total. The average molecular weight is 499 g/mol. The molecule has 184 valence electrons. The van der Waals surface area contributed by atoms with Gasteiger partial charge in [0.05, 0.1) is 4.90 Å². The summed E-state index contributed by atoms with van der Waals surface area (Å²) in [5.41, 5.74) is 2.76. The van der Waals surface area contributed by atoms with Gasteiger partial charge in [0.15, 0.2) is 8.32 Å². The molecule has 1 fully saturated rings. The molecule has 34 heavy (non-hydrogen) atoms. The fourth-order valence-corrected chi connectivity index (χ4v) is 7.82. The van der Waals surface area contributed by atoms with Gasteiger partial charge in [0, 0.05) is 30.2 Å². The van der Waals surface area contributed by atoms with Gasteiger partial charge in [-0.1, -0.05) is 62.7 Å². The molecule has 2 aliphatic rings. The van der Waals surface area contributed by atoms with Crippen LogP contribution in [0.25, 0.3) is 0 Å². The summed E-state index contributed by atoms with van der Waals surface area (Å²) in [5, 5.41) is 3.69. The maximum Gasteiger partial charge on any atom is 0.244 e. The van der Waals surface area contributed by atoms with Gasteiger partial charge >= 0.3 is 0 Å². The van der Waals surface area contributed by atoms with E-state index in [0.29, 0.717) is 18.0 Å². The molecule has 0 amide bonds. The molecule has 2 heterocycles. The Kier molecular flexibility index (Phi) is 6.38. The third-order valence-corrected chi connectivity index (χ3v) is 14.6. The first kappa shape index (κ1) is 25.2. The lowest BCUT2D eigenvalue weighted by molar-refractivity contribution is 0.211. The summed E-state index contributed by atoms with van der Waals surface area (Å²) in [4.78, 5) is 0.326. The summed E-state index contributed by atoms with van der Waals surface area (Å²) in [6.07, 6.45) is 2.28. The second-order valence-corrected chi connectivity index (χ2v) is 17.9. The van der Waals surface area contributed by atoms with Crippen molar-refractivity contribution in [1.29, 1.82) is 0 Å². The first-order valence-corrected chi connectivity index (χ1v) is 16.4. The van der Waals surface area contributed by atoms with Gasteiger partial charge < -0.3 is 9.74 Å². The van der Waals surface area contributed by atoms with E-state index in [9.17, 15) is 8.42 Å². The van der Waals surface area contributed by atoms with E-state index in [1.54, 1.807) is 16.4 Å². The smallest absolute Gasteiger partial charge is 0.244 e. The molecule has 3 atom stereocenters. The Morgan fingerprint density at radius 2 is 1.82 bits per heavy atom. The van der Waals surface area contributed by atoms with E-state index in [1.165, 1.54) is 0 Å². The van der Waals surface area contributed by atoms with Gasteiger partial charge in [0.25, 0.3) is 0 Å². The molecule has 2 aliphatic heterocycles. The Labute approximate surface area is 206 Å². The van der Waals surface area contributed by atoms with Gasteiger partial charge in [-0.2, -0.15) is 4.31 Å². The molecule has 0 saturated carbocycles. The second-order valence-electron chi connectivity index (χ2n) is 11.2. The molecule has 7 heteroatoms. The number of hydrogen-bond donors (Lipinski definition) is 1. The van der Waals surface area contributed by atoms with E-state index in [-0.39, 0.29) is 17.1 Å². The number of nitrogens with one attached hydrogen (secondary N) is 1. The lowest BCUT2D eigenvalue weighted by Gasteiger charge is -2.39. The van der Waals surface area contributed by atoms with Crippen LogP contribution in [-0.2, 0) is 19.9 Å². The molecule has 3 unspecified atom stereocenters. The summed E-state index contributed by atoms with van der Waals surface area (Å²) in [7, 11) is -5.63. The minimum atomic E-state index is -3.69. The summed E-state index contributed by atoms with van der Waals surface area (Å²) in [6, 6.07) is 15.3. The minimum absolute atomic E-state index is 0.0307. The second kappa shape index (κ2) is 8.62. The van der Waals surface area contributed by atoms with Crippen molar-refractivity contribution in [3.8, 4) is 0 Å². The number of sulfonamides is 1. The first-order chi connectivity index (χ1) is 15.8. The molecule has 0 aromatic heterocycles. The Morgan fingerprint density at radius 3 is 2.44 bits per heavy atom. The van der Waals surface area contributed by atoms with Crippen LogP contribution in [0.15, 0.2) is 66.1 Å².